The van der Waals surface area contributed by atoms with E-state index in [0.717, 1.165) is 102 Å². The number of aliphatic hydroxyl groups excluding tert-OH is 1. The number of phosphoric ester groups is 2. The van der Waals surface area contributed by atoms with Gasteiger partial charge < -0.3 is 33.8 Å². The number of hydrogen-bond acceptors (Lipinski definition) is 15. The van der Waals surface area contributed by atoms with Crippen LogP contribution in [0.5, 0.6) is 0 Å². The normalized spacial score (nSPS) is 14.6. The fourth-order valence-corrected chi connectivity index (χ4v) is 11.0. The average molecular weight is 1210 g/mol. The standard InChI is InChI=1S/C63H122O17P2/c1-6-10-13-16-18-20-22-23-24-25-26-28-34-39-44-49-63(68)80-59(53-74-61(66)47-42-37-32-30-29-31-36-40-45-56(5)9-4)55-78-82(71,72)76-51-57(64)50-75-81(69,70)77-54-58(52-73-60(65)46-41-35-15-12-8-3)79-62(67)48-43-38-33-27-21-19-17-14-11-7-2/h56-59,64H,6-55H2,1-5H3,(H,69,70)(H,71,72)/t56?,57-,58+,59+/m0/s1. The summed E-state index contributed by atoms with van der Waals surface area (Å²) in [6.45, 7) is 7.10. The molecular formula is C63H122O17P2. The van der Waals surface area contributed by atoms with Crippen molar-refractivity contribution in [3.05, 3.63) is 0 Å². The number of unbranched alkanes of at least 4 members (excludes halogenated alkanes) is 34. The second-order valence-electron chi connectivity index (χ2n) is 23.0. The van der Waals surface area contributed by atoms with Gasteiger partial charge in [0.2, 0.25) is 0 Å². The molecule has 19 heteroatoms. The predicted octanol–water partition coefficient (Wildman–Crippen LogP) is 17.4. The Bertz CT molecular complexity index is 1600. The molecule has 0 aliphatic heterocycles. The third-order valence-corrected chi connectivity index (χ3v) is 16.8. The molecule has 0 aromatic heterocycles. The van der Waals surface area contributed by atoms with E-state index in [1.807, 2.05) is 0 Å². The maximum absolute atomic E-state index is 13.0. The zero-order chi connectivity index (χ0) is 60.6. The molecule has 0 rings (SSSR count). The molecule has 0 fully saturated rings. The van der Waals surface area contributed by atoms with E-state index in [4.69, 9.17) is 37.0 Å². The molecule has 6 atom stereocenters. The van der Waals surface area contributed by atoms with E-state index in [9.17, 15) is 43.2 Å². The Kier molecular flexibility index (Phi) is 55.5. The maximum Gasteiger partial charge on any atom is 0.472 e. The number of rotatable bonds is 63. The fraction of sp³-hybridized carbons (Fsp3) is 0.937. The van der Waals surface area contributed by atoms with Crippen LogP contribution in [0.2, 0.25) is 0 Å². The van der Waals surface area contributed by atoms with E-state index >= 15 is 0 Å². The van der Waals surface area contributed by atoms with Crippen LogP contribution in [0.15, 0.2) is 0 Å². The average Bonchev–Trinajstić information content (AvgIpc) is 3.45. The molecule has 0 radical (unpaired) electrons. The molecule has 0 aliphatic rings. The van der Waals surface area contributed by atoms with E-state index in [1.54, 1.807) is 0 Å². The van der Waals surface area contributed by atoms with Crippen LogP contribution >= 0.6 is 15.6 Å². The minimum atomic E-state index is -4.94. The minimum absolute atomic E-state index is 0.105. The number of hydrogen-bond donors (Lipinski definition) is 3. The van der Waals surface area contributed by atoms with Crippen molar-refractivity contribution in [1.29, 1.82) is 0 Å². The Morgan fingerprint density at radius 2 is 0.585 bits per heavy atom. The topological polar surface area (TPSA) is 237 Å². The molecule has 17 nitrogen and oxygen atoms in total. The minimum Gasteiger partial charge on any atom is -0.462 e. The van der Waals surface area contributed by atoms with Crippen molar-refractivity contribution < 1.29 is 80.2 Å². The van der Waals surface area contributed by atoms with Crippen molar-refractivity contribution in [2.45, 2.75) is 335 Å². The first-order valence-electron chi connectivity index (χ1n) is 33.2. The second kappa shape index (κ2) is 56.8. The Balaban J connectivity index is 5.18. The van der Waals surface area contributed by atoms with Gasteiger partial charge in [0.1, 0.15) is 19.3 Å². The summed E-state index contributed by atoms with van der Waals surface area (Å²) in [5, 5.41) is 10.5. The van der Waals surface area contributed by atoms with Crippen LogP contribution in [-0.4, -0.2) is 96.7 Å². The van der Waals surface area contributed by atoms with Crippen molar-refractivity contribution in [1.82, 2.24) is 0 Å². The van der Waals surface area contributed by atoms with E-state index in [-0.39, 0.29) is 25.7 Å². The molecule has 3 unspecified atom stereocenters. The van der Waals surface area contributed by atoms with Gasteiger partial charge in [-0.3, -0.25) is 37.3 Å². The lowest BCUT2D eigenvalue weighted by atomic mass is 9.99. The van der Waals surface area contributed by atoms with Crippen LogP contribution < -0.4 is 0 Å². The lowest BCUT2D eigenvalue weighted by molar-refractivity contribution is -0.161. The van der Waals surface area contributed by atoms with Crippen LogP contribution in [0.3, 0.4) is 0 Å². The Morgan fingerprint density at radius 1 is 0.341 bits per heavy atom. The number of carbonyl (C=O) groups is 4. The molecule has 0 bridgehead atoms. The van der Waals surface area contributed by atoms with Crippen molar-refractivity contribution in [3.63, 3.8) is 0 Å². The first-order valence-corrected chi connectivity index (χ1v) is 36.2. The SMILES string of the molecule is CCCCCCCCCCCCCCCCCC(=O)O[C@H](COC(=O)CCCCCCCCCCC(C)CC)COP(=O)(O)OC[C@@H](O)COP(=O)(O)OC[C@@H](COC(=O)CCCCCCC)OC(=O)CCCCCCCCCCCC. The molecule has 0 saturated heterocycles. The number of carbonyl (C=O) groups excluding carboxylic acids is 4. The molecule has 0 aromatic rings. The van der Waals surface area contributed by atoms with Crippen LogP contribution in [0.25, 0.3) is 0 Å². The summed E-state index contributed by atoms with van der Waals surface area (Å²) in [7, 11) is -9.87. The summed E-state index contributed by atoms with van der Waals surface area (Å²) in [6.07, 6.45) is 40.6. The predicted molar refractivity (Wildman–Crippen MR) is 326 cm³/mol. The summed E-state index contributed by atoms with van der Waals surface area (Å²) in [5.41, 5.74) is 0. The fourth-order valence-electron chi connectivity index (χ4n) is 9.37. The van der Waals surface area contributed by atoms with Gasteiger partial charge >= 0.3 is 39.5 Å². The highest BCUT2D eigenvalue weighted by Gasteiger charge is 2.30. The number of phosphoric acid groups is 2. The highest BCUT2D eigenvalue weighted by molar-refractivity contribution is 7.47. The Hall–Kier alpha value is -1.94. The van der Waals surface area contributed by atoms with E-state index < -0.39 is 97.5 Å². The third-order valence-electron chi connectivity index (χ3n) is 14.9. The smallest absolute Gasteiger partial charge is 0.462 e. The van der Waals surface area contributed by atoms with Crippen LogP contribution in [0.4, 0.5) is 0 Å². The molecule has 0 spiro atoms. The number of ether oxygens (including phenoxy) is 4. The summed E-state index contributed by atoms with van der Waals surface area (Å²) >= 11 is 0. The summed E-state index contributed by atoms with van der Waals surface area (Å²) < 4.78 is 67.8. The van der Waals surface area contributed by atoms with Crippen LogP contribution in [0.1, 0.15) is 317 Å². The highest BCUT2D eigenvalue weighted by atomic mass is 31.2. The molecule has 3 N–H and O–H groups in total. The Morgan fingerprint density at radius 3 is 0.866 bits per heavy atom. The zero-order valence-corrected chi connectivity index (χ0v) is 54.4. The van der Waals surface area contributed by atoms with Gasteiger partial charge in [0, 0.05) is 25.7 Å². The molecular weight excluding hydrogens is 1090 g/mol. The van der Waals surface area contributed by atoms with Gasteiger partial charge in [-0.15, -0.1) is 0 Å². The first-order chi connectivity index (χ1) is 39.6. The third kappa shape index (κ3) is 55.9. The maximum atomic E-state index is 13.0. The van der Waals surface area contributed by atoms with Gasteiger partial charge in [-0.05, 0) is 31.6 Å². The lowest BCUT2D eigenvalue weighted by Crippen LogP contribution is -2.30. The molecule has 82 heavy (non-hydrogen) atoms. The summed E-state index contributed by atoms with van der Waals surface area (Å²) in [6, 6.07) is 0. The molecule has 0 aliphatic carbocycles. The van der Waals surface area contributed by atoms with Crippen LogP contribution in [0, 0.1) is 5.92 Å². The Labute approximate surface area is 498 Å². The van der Waals surface area contributed by atoms with Crippen LogP contribution in [-0.2, 0) is 65.4 Å². The molecule has 0 saturated carbocycles. The van der Waals surface area contributed by atoms with E-state index in [0.29, 0.717) is 25.7 Å². The molecule has 0 amide bonds. The van der Waals surface area contributed by atoms with Gasteiger partial charge in [0.15, 0.2) is 12.2 Å². The molecule has 0 heterocycles. The van der Waals surface area contributed by atoms with Gasteiger partial charge in [-0.2, -0.15) is 0 Å². The van der Waals surface area contributed by atoms with Crippen molar-refractivity contribution >= 4 is 39.5 Å². The second-order valence-corrected chi connectivity index (χ2v) is 25.9. The monoisotopic (exact) mass is 1210 g/mol. The van der Waals surface area contributed by atoms with Gasteiger partial charge in [0.25, 0.3) is 0 Å². The van der Waals surface area contributed by atoms with Gasteiger partial charge in [-0.1, -0.05) is 266 Å². The molecule has 486 valence electrons. The van der Waals surface area contributed by atoms with E-state index in [2.05, 4.69) is 34.6 Å². The largest absolute Gasteiger partial charge is 0.472 e. The molecule has 0 aromatic carbocycles. The van der Waals surface area contributed by atoms with E-state index in [1.165, 1.54) is 135 Å². The van der Waals surface area contributed by atoms with Gasteiger partial charge in [-0.25, -0.2) is 9.13 Å². The summed E-state index contributed by atoms with van der Waals surface area (Å²) in [4.78, 5) is 71.9. The van der Waals surface area contributed by atoms with Crippen molar-refractivity contribution in [3.8, 4) is 0 Å². The first kappa shape index (κ1) is 80.1. The van der Waals surface area contributed by atoms with Crippen molar-refractivity contribution in [2.24, 2.45) is 5.92 Å². The van der Waals surface area contributed by atoms with Gasteiger partial charge in [0.05, 0.1) is 26.4 Å². The zero-order valence-electron chi connectivity index (χ0n) is 52.6. The quantitative estimate of drug-likeness (QED) is 0.0222. The number of esters is 4. The summed E-state index contributed by atoms with van der Waals surface area (Å²) in [5.74, 6) is -1.37. The van der Waals surface area contributed by atoms with Crippen molar-refractivity contribution in [2.75, 3.05) is 39.6 Å². The lowest BCUT2D eigenvalue weighted by Gasteiger charge is -2.21. The number of aliphatic hydroxyl groups is 1. The highest BCUT2D eigenvalue weighted by Crippen LogP contribution is 2.45.